The van der Waals surface area contributed by atoms with Crippen LogP contribution >= 0.6 is 11.6 Å². The molecule has 128 valence electrons. The third kappa shape index (κ3) is 5.38. The Morgan fingerprint density at radius 2 is 1.83 bits per heavy atom. The first kappa shape index (κ1) is 18.0. The predicted molar refractivity (Wildman–Crippen MR) is 90.3 cm³/mol. The van der Waals surface area contributed by atoms with Crippen molar-refractivity contribution in [2.75, 3.05) is 32.8 Å². The minimum atomic E-state index is -0.592. The van der Waals surface area contributed by atoms with E-state index >= 15 is 0 Å². The Hall–Kier alpha value is -2.34. The van der Waals surface area contributed by atoms with Gasteiger partial charge in [0.1, 0.15) is 0 Å². The zero-order valence-electron chi connectivity index (χ0n) is 13.4. The minimum Gasteiger partial charge on any atom is -0.452 e. The molecule has 0 atom stereocenters. The molecule has 0 spiro atoms. The zero-order chi connectivity index (χ0) is 17.5. The number of carbonyl (C=O) groups excluding carboxylic acids is 3. The van der Waals surface area contributed by atoms with Crippen LogP contribution in [0.25, 0.3) is 6.08 Å². The van der Waals surface area contributed by atoms with Crippen LogP contribution in [-0.2, 0) is 19.1 Å². The first-order valence-corrected chi connectivity index (χ1v) is 7.97. The molecule has 0 radical (unpaired) electrons. The molecule has 2 rings (SSSR count). The van der Waals surface area contributed by atoms with Crippen molar-refractivity contribution in [2.45, 2.75) is 6.92 Å². The number of hydrogen-bond donors (Lipinski definition) is 0. The second-order valence-corrected chi connectivity index (χ2v) is 5.82. The summed E-state index contributed by atoms with van der Waals surface area (Å²) < 4.78 is 4.95. The number of piperazine rings is 1. The number of rotatable bonds is 4. The molecule has 1 aliphatic heterocycles. The molecule has 0 aliphatic carbocycles. The zero-order valence-corrected chi connectivity index (χ0v) is 14.2. The molecule has 1 aromatic carbocycles. The molecule has 1 heterocycles. The number of hydrogen-bond acceptors (Lipinski definition) is 4. The van der Waals surface area contributed by atoms with Crippen LogP contribution in [0.2, 0.25) is 5.02 Å². The molecule has 0 N–H and O–H groups in total. The Balaban J connectivity index is 1.75. The summed E-state index contributed by atoms with van der Waals surface area (Å²) in [5.74, 6) is -0.854. The monoisotopic (exact) mass is 350 g/mol. The number of carbonyl (C=O) groups is 3. The predicted octanol–water partition coefficient (Wildman–Crippen LogP) is 1.59. The molecule has 0 unspecified atom stereocenters. The molecule has 0 saturated carbocycles. The van der Waals surface area contributed by atoms with Crippen LogP contribution < -0.4 is 0 Å². The van der Waals surface area contributed by atoms with E-state index in [-0.39, 0.29) is 18.4 Å². The first-order chi connectivity index (χ1) is 11.5. The molecular formula is C17H19ClN2O4. The molecule has 1 aliphatic rings. The molecule has 7 heteroatoms. The van der Waals surface area contributed by atoms with Crippen molar-refractivity contribution in [3.8, 4) is 0 Å². The Kier molecular flexibility index (Phi) is 6.37. The fourth-order valence-corrected chi connectivity index (χ4v) is 2.52. The molecule has 1 aromatic rings. The Morgan fingerprint density at radius 3 is 2.46 bits per heavy atom. The number of halogens is 1. The van der Waals surface area contributed by atoms with Crippen LogP contribution in [0.1, 0.15) is 12.5 Å². The summed E-state index contributed by atoms with van der Waals surface area (Å²) in [5, 5.41) is 0.574. The van der Waals surface area contributed by atoms with Crippen molar-refractivity contribution >= 4 is 35.5 Å². The average molecular weight is 351 g/mol. The second kappa shape index (κ2) is 8.49. The van der Waals surface area contributed by atoms with E-state index in [2.05, 4.69) is 0 Å². The number of esters is 1. The van der Waals surface area contributed by atoms with E-state index in [0.29, 0.717) is 31.2 Å². The fourth-order valence-electron chi connectivity index (χ4n) is 2.32. The lowest BCUT2D eigenvalue weighted by molar-refractivity contribution is -0.149. The topological polar surface area (TPSA) is 66.9 Å². The van der Waals surface area contributed by atoms with E-state index in [4.69, 9.17) is 16.3 Å². The van der Waals surface area contributed by atoms with Crippen LogP contribution in [0.15, 0.2) is 30.3 Å². The first-order valence-electron chi connectivity index (χ1n) is 7.59. The summed E-state index contributed by atoms with van der Waals surface area (Å²) in [7, 11) is 0. The maximum atomic E-state index is 12.0. The summed E-state index contributed by atoms with van der Waals surface area (Å²) in [6.45, 7) is 3.11. The summed E-state index contributed by atoms with van der Waals surface area (Å²) in [6, 6.07) is 7.03. The maximum Gasteiger partial charge on any atom is 0.331 e. The van der Waals surface area contributed by atoms with Crippen LogP contribution in [0.4, 0.5) is 0 Å². The second-order valence-electron chi connectivity index (χ2n) is 5.38. The van der Waals surface area contributed by atoms with Gasteiger partial charge in [-0.15, -0.1) is 0 Å². The SMILES string of the molecule is CC(=O)N1CCN(C(=O)COC(=O)/C=C/c2cccc(Cl)c2)CC1. The summed E-state index contributed by atoms with van der Waals surface area (Å²) in [5.41, 5.74) is 0.770. The smallest absolute Gasteiger partial charge is 0.331 e. The number of amides is 2. The third-order valence-corrected chi connectivity index (χ3v) is 3.91. The summed E-state index contributed by atoms with van der Waals surface area (Å²) in [4.78, 5) is 38.2. The van der Waals surface area contributed by atoms with E-state index in [1.165, 1.54) is 13.0 Å². The number of ether oxygens (including phenoxy) is 1. The van der Waals surface area contributed by atoms with Crippen LogP contribution in [-0.4, -0.2) is 60.4 Å². The third-order valence-electron chi connectivity index (χ3n) is 3.68. The van der Waals surface area contributed by atoms with Crippen molar-refractivity contribution in [1.29, 1.82) is 0 Å². The molecule has 0 aromatic heterocycles. The Bertz CT molecular complexity index is 652. The molecule has 1 saturated heterocycles. The highest BCUT2D eigenvalue weighted by molar-refractivity contribution is 6.30. The summed E-state index contributed by atoms with van der Waals surface area (Å²) >= 11 is 5.85. The highest BCUT2D eigenvalue weighted by Crippen LogP contribution is 2.11. The average Bonchev–Trinajstić information content (AvgIpc) is 2.58. The van der Waals surface area contributed by atoms with Crippen molar-refractivity contribution < 1.29 is 19.1 Å². The largest absolute Gasteiger partial charge is 0.452 e. The van der Waals surface area contributed by atoms with E-state index in [0.717, 1.165) is 5.56 Å². The van der Waals surface area contributed by atoms with Gasteiger partial charge in [-0.05, 0) is 23.8 Å². The van der Waals surface area contributed by atoms with E-state index < -0.39 is 5.97 Å². The molecular weight excluding hydrogens is 332 g/mol. The van der Waals surface area contributed by atoms with Gasteiger partial charge in [-0.1, -0.05) is 23.7 Å². The van der Waals surface area contributed by atoms with Crippen molar-refractivity contribution in [3.05, 3.63) is 40.9 Å². The maximum absolute atomic E-state index is 12.0. The van der Waals surface area contributed by atoms with Crippen molar-refractivity contribution in [1.82, 2.24) is 9.80 Å². The normalized spacial score (nSPS) is 14.8. The number of benzene rings is 1. The fraction of sp³-hybridized carbons (Fsp3) is 0.353. The lowest BCUT2D eigenvalue weighted by atomic mass is 10.2. The lowest BCUT2D eigenvalue weighted by Gasteiger charge is -2.34. The number of nitrogens with zero attached hydrogens (tertiary/aromatic N) is 2. The standard InChI is InChI=1S/C17H19ClN2O4/c1-13(21)19-7-9-20(10-8-19)16(22)12-24-17(23)6-5-14-3-2-4-15(18)11-14/h2-6,11H,7-10,12H2,1H3/b6-5+. The summed E-state index contributed by atoms with van der Waals surface area (Å²) in [6.07, 6.45) is 2.83. The van der Waals surface area contributed by atoms with Crippen LogP contribution in [0.5, 0.6) is 0 Å². The van der Waals surface area contributed by atoms with Gasteiger partial charge in [0.05, 0.1) is 0 Å². The lowest BCUT2D eigenvalue weighted by Crippen LogP contribution is -2.51. The minimum absolute atomic E-state index is 0.000297. The quantitative estimate of drug-likeness (QED) is 0.611. The highest BCUT2D eigenvalue weighted by Gasteiger charge is 2.22. The van der Waals surface area contributed by atoms with Crippen LogP contribution in [0.3, 0.4) is 0 Å². The van der Waals surface area contributed by atoms with Gasteiger partial charge in [-0.3, -0.25) is 9.59 Å². The molecule has 6 nitrogen and oxygen atoms in total. The van der Waals surface area contributed by atoms with Gasteiger partial charge in [0.25, 0.3) is 5.91 Å². The van der Waals surface area contributed by atoms with Gasteiger partial charge in [0, 0.05) is 44.2 Å². The van der Waals surface area contributed by atoms with Crippen molar-refractivity contribution in [3.63, 3.8) is 0 Å². The van der Waals surface area contributed by atoms with Gasteiger partial charge >= 0.3 is 5.97 Å². The molecule has 2 amide bonds. The Morgan fingerprint density at radius 1 is 1.17 bits per heavy atom. The van der Waals surface area contributed by atoms with Crippen molar-refractivity contribution in [2.24, 2.45) is 0 Å². The van der Waals surface area contributed by atoms with Gasteiger partial charge in [0.2, 0.25) is 5.91 Å². The van der Waals surface area contributed by atoms with Crippen LogP contribution in [0, 0.1) is 0 Å². The van der Waals surface area contributed by atoms with E-state index in [9.17, 15) is 14.4 Å². The molecule has 0 bridgehead atoms. The highest BCUT2D eigenvalue weighted by atomic mass is 35.5. The molecule has 1 fully saturated rings. The molecule has 24 heavy (non-hydrogen) atoms. The van der Waals surface area contributed by atoms with Gasteiger partial charge < -0.3 is 14.5 Å². The van der Waals surface area contributed by atoms with E-state index in [1.807, 2.05) is 0 Å². The van der Waals surface area contributed by atoms with E-state index in [1.54, 1.807) is 40.1 Å². The van der Waals surface area contributed by atoms with Gasteiger partial charge in [-0.2, -0.15) is 0 Å². The Labute approximate surface area is 145 Å². The van der Waals surface area contributed by atoms with Gasteiger partial charge in [-0.25, -0.2) is 4.79 Å². The van der Waals surface area contributed by atoms with Gasteiger partial charge in [0.15, 0.2) is 6.61 Å².